The molecule has 1 aromatic carbocycles. The lowest BCUT2D eigenvalue weighted by atomic mass is 10.1. The fraction of sp³-hybridized carbons (Fsp3) is 0.500. The van der Waals surface area contributed by atoms with Crippen molar-refractivity contribution in [3.8, 4) is 0 Å². The Labute approximate surface area is 94.8 Å². The molecule has 0 aliphatic heterocycles. The number of nitro groups is 1. The van der Waals surface area contributed by atoms with E-state index < -0.39 is 0 Å². The molecule has 1 aliphatic carbocycles. The maximum Gasteiger partial charge on any atom is 0.269 e. The number of nitrogens with zero attached hydrogens (tertiary/aromatic N) is 1. The smallest absolute Gasteiger partial charge is 0.269 e. The summed E-state index contributed by atoms with van der Waals surface area (Å²) in [6, 6.07) is 7.28. The Kier molecular flexibility index (Phi) is 3.19. The molecule has 1 aliphatic rings. The van der Waals surface area contributed by atoms with E-state index in [-0.39, 0.29) is 10.6 Å². The molecule has 1 unspecified atom stereocenters. The first kappa shape index (κ1) is 11.1. The van der Waals surface area contributed by atoms with Gasteiger partial charge in [0, 0.05) is 24.7 Å². The van der Waals surface area contributed by atoms with Crippen LogP contribution in [0, 0.1) is 16.0 Å². The molecule has 16 heavy (non-hydrogen) atoms. The SMILES string of the molecule is CC(NCc1ccc([N+](=O)[O-])cc1)C1CC1. The lowest BCUT2D eigenvalue weighted by molar-refractivity contribution is -0.384. The highest BCUT2D eigenvalue weighted by Crippen LogP contribution is 2.32. The third-order valence-electron chi connectivity index (χ3n) is 3.10. The molecule has 1 atom stereocenters. The van der Waals surface area contributed by atoms with E-state index in [1.54, 1.807) is 12.1 Å². The molecule has 0 heterocycles. The largest absolute Gasteiger partial charge is 0.310 e. The normalized spacial score (nSPS) is 17.1. The summed E-state index contributed by atoms with van der Waals surface area (Å²) >= 11 is 0. The summed E-state index contributed by atoms with van der Waals surface area (Å²) in [7, 11) is 0. The molecule has 4 nitrogen and oxygen atoms in total. The van der Waals surface area contributed by atoms with Gasteiger partial charge < -0.3 is 5.32 Å². The van der Waals surface area contributed by atoms with E-state index in [4.69, 9.17) is 0 Å². The molecule has 1 fully saturated rings. The van der Waals surface area contributed by atoms with E-state index in [1.807, 2.05) is 12.1 Å². The quantitative estimate of drug-likeness (QED) is 0.612. The minimum Gasteiger partial charge on any atom is -0.310 e. The molecule has 4 heteroatoms. The van der Waals surface area contributed by atoms with E-state index in [1.165, 1.54) is 12.8 Å². The third-order valence-corrected chi connectivity index (χ3v) is 3.10. The van der Waals surface area contributed by atoms with E-state index in [9.17, 15) is 10.1 Å². The summed E-state index contributed by atoms with van der Waals surface area (Å²) in [5, 5.41) is 13.9. The summed E-state index contributed by atoms with van der Waals surface area (Å²) in [5.74, 6) is 0.832. The van der Waals surface area contributed by atoms with Crippen LogP contribution in [0.1, 0.15) is 25.3 Å². The highest BCUT2D eigenvalue weighted by molar-refractivity contribution is 5.32. The molecule has 1 saturated carbocycles. The Balaban J connectivity index is 1.86. The number of non-ortho nitro benzene ring substituents is 1. The molecule has 0 radical (unpaired) electrons. The second-order valence-corrected chi connectivity index (χ2v) is 4.43. The van der Waals surface area contributed by atoms with Gasteiger partial charge in [-0.1, -0.05) is 12.1 Å². The first-order chi connectivity index (χ1) is 7.66. The van der Waals surface area contributed by atoms with Gasteiger partial charge in [-0.25, -0.2) is 0 Å². The van der Waals surface area contributed by atoms with Crippen LogP contribution in [0.25, 0.3) is 0 Å². The van der Waals surface area contributed by atoms with Crippen LogP contribution in [0.5, 0.6) is 0 Å². The van der Waals surface area contributed by atoms with Crippen molar-refractivity contribution in [1.82, 2.24) is 5.32 Å². The molecule has 1 aromatic rings. The number of hydrogen-bond donors (Lipinski definition) is 1. The van der Waals surface area contributed by atoms with Gasteiger partial charge in [0.15, 0.2) is 0 Å². The van der Waals surface area contributed by atoms with Gasteiger partial charge in [-0.15, -0.1) is 0 Å². The molecule has 0 amide bonds. The Morgan fingerprint density at radius 2 is 2.06 bits per heavy atom. The molecule has 0 saturated heterocycles. The van der Waals surface area contributed by atoms with Crippen LogP contribution in [-0.2, 0) is 6.54 Å². The molecule has 1 N–H and O–H groups in total. The first-order valence-electron chi connectivity index (χ1n) is 5.63. The summed E-state index contributed by atoms with van der Waals surface area (Å²) < 4.78 is 0. The molecular formula is C12H16N2O2. The fourth-order valence-corrected chi connectivity index (χ4v) is 1.78. The average Bonchev–Trinajstić information content (AvgIpc) is 3.10. The number of hydrogen-bond acceptors (Lipinski definition) is 3. The van der Waals surface area contributed by atoms with Gasteiger partial charge in [-0.05, 0) is 31.2 Å². The highest BCUT2D eigenvalue weighted by atomic mass is 16.6. The summed E-state index contributed by atoms with van der Waals surface area (Å²) in [6.45, 7) is 2.98. The Bertz CT molecular complexity index is 371. The number of nitrogens with one attached hydrogen (secondary N) is 1. The number of rotatable bonds is 5. The molecule has 0 spiro atoms. The molecule has 2 rings (SSSR count). The van der Waals surface area contributed by atoms with Crippen LogP contribution in [0.3, 0.4) is 0 Å². The van der Waals surface area contributed by atoms with Crippen LogP contribution in [-0.4, -0.2) is 11.0 Å². The maximum absolute atomic E-state index is 10.5. The van der Waals surface area contributed by atoms with Gasteiger partial charge in [-0.2, -0.15) is 0 Å². The van der Waals surface area contributed by atoms with E-state index in [0.29, 0.717) is 6.04 Å². The molecular weight excluding hydrogens is 204 g/mol. The second-order valence-electron chi connectivity index (χ2n) is 4.43. The van der Waals surface area contributed by atoms with Crippen LogP contribution >= 0.6 is 0 Å². The highest BCUT2D eigenvalue weighted by Gasteiger charge is 2.27. The predicted octanol–water partition coefficient (Wildman–Crippen LogP) is 2.48. The minimum absolute atomic E-state index is 0.152. The van der Waals surface area contributed by atoms with Crippen molar-refractivity contribution in [1.29, 1.82) is 0 Å². The van der Waals surface area contributed by atoms with Crippen molar-refractivity contribution >= 4 is 5.69 Å². The lowest BCUT2D eigenvalue weighted by Gasteiger charge is -2.12. The third kappa shape index (κ3) is 2.79. The Hall–Kier alpha value is -1.42. The lowest BCUT2D eigenvalue weighted by Crippen LogP contribution is -2.27. The first-order valence-corrected chi connectivity index (χ1v) is 5.63. The van der Waals surface area contributed by atoms with Crippen LogP contribution in [0.4, 0.5) is 5.69 Å². The molecule has 0 bridgehead atoms. The van der Waals surface area contributed by atoms with Gasteiger partial charge in [0.25, 0.3) is 5.69 Å². The summed E-state index contributed by atoms with van der Waals surface area (Å²) in [5.41, 5.74) is 1.25. The van der Waals surface area contributed by atoms with Crippen molar-refractivity contribution in [2.24, 2.45) is 5.92 Å². The Morgan fingerprint density at radius 1 is 1.44 bits per heavy atom. The minimum atomic E-state index is -0.371. The maximum atomic E-state index is 10.5. The van der Waals surface area contributed by atoms with Crippen molar-refractivity contribution in [2.45, 2.75) is 32.4 Å². The summed E-state index contributed by atoms with van der Waals surface area (Å²) in [4.78, 5) is 10.1. The van der Waals surface area contributed by atoms with Gasteiger partial charge in [0.2, 0.25) is 0 Å². The zero-order valence-electron chi connectivity index (χ0n) is 9.35. The van der Waals surface area contributed by atoms with Crippen molar-refractivity contribution in [2.75, 3.05) is 0 Å². The summed E-state index contributed by atoms with van der Waals surface area (Å²) in [6.07, 6.45) is 2.66. The van der Waals surface area contributed by atoms with Crippen molar-refractivity contribution in [3.05, 3.63) is 39.9 Å². The van der Waals surface area contributed by atoms with E-state index in [2.05, 4.69) is 12.2 Å². The van der Waals surface area contributed by atoms with Gasteiger partial charge in [0.1, 0.15) is 0 Å². The topological polar surface area (TPSA) is 55.2 Å². The number of nitro benzene ring substituents is 1. The zero-order chi connectivity index (χ0) is 11.5. The number of benzene rings is 1. The zero-order valence-corrected chi connectivity index (χ0v) is 9.35. The van der Waals surface area contributed by atoms with E-state index in [0.717, 1.165) is 18.0 Å². The van der Waals surface area contributed by atoms with E-state index >= 15 is 0 Å². The van der Waals surface area contributed by atoms with Crippen molar-refractivity contribution in [3.63, 3.8) is 0 Å². The Morgan fingerprint density at radius 3 is 2.56 bits per heavy atom. The van der Waals surface area contributed by atoms with Gasteiger partial charge in [-0.3, -0.25) is 10.1 Å². The molecule has 86 valence electrons. The predicted molar refractivity (Wildman–Crippen MR) is 62.1 cm³/mol. The molecule has 0 aromatic heterocycles. The second kappa shape index (κ2) is 4.61. The standard InChI is InChI=1S/C12H16N2O2/c1-9(11-4-5-11)13-8-10-2-6-12(7-3-10)14(15)16/h2-3,6-7,9,11,13H,4-5,8H2,1H3. The van der Waals surface area contributed by atoms with Crippen molar-refractivity contribution < 1.29 is 4.92 Å². The monoisotopic (exact) mass is 220 g/mol. The average molecular weight is 220 g/mol. The van der Waals surface area contributed by atoms with Crippen LogP contribution in [0.15, 0.2) is 24.3 Å². The van der Waals surface area contributed by atoms with Gasteiger partial charge >= 0.3 is 0 Å². The van der Waals surface area contributed by atoms with Crippen LogP contribution < -0.4 is 5.32 Å². The van der Waals surface area contributed by atoms with Gasteiger partial charge in [0.05, 0.1) is 4.92 Å². The fourth-order valence-electron chi connectivity index (χ4n) is 1.78. The van der Waals surface area contributed by atoms with Crippen LogP contribution in [0.2, 0.25) is 0 Å².